The van der Waals surface area contributed by atoms with Gasteiger partial charge in [0.2, 0.25) is 0 Å². The Morgan fingerprint density at radius 1 is 0.356 bits per heavy atom. The van der Waals surface area contributed by atoms with Crippen LogP contribution in [0.2, 0.25) is 0 Å². The first-order chi connectivity index (χ1) is 22.3. The van der Waals surface area contributed by atoms with Gasteiger partial charge in [0.15, 0.2) is 17.5 Å². The van der Waals surface area contributed by atoms with E-state index in [0.29, 0.717) is 17.5 Å². The molecule has 0 N–H and O–H groups in total. The predicted octanol–water partition coefficient (Wildman–Crippen LogP) is 10.7. The Bertz CT molecular complexity index is 2540. The molecule has 0 aliphatic heterocycles. The second-order valence-corrected chi connectivity index (χ2v) is 11.2. The van der Waals surface area contributed by atoms with E-state index in [1.54, 1.807) is 0 Å². The minimum Gasteiger partial charge on any atom is -0.456 e. The molecular formula is C41H25N3O. The molecule has 0 saturated carbocycles. The lowest BCUT2D eigenvalue weighted by molar-refractivity contribution is 0.669. The average molecular weight is 576 g/mol. The highest BCUT2D eigenvalue weighted by atomic mass is 16.3. The van der Waals surface area contributed by atoms with Gasteiger partial charge in [-0.05, 0) is 56.9 Å². The first kappa shape index (κ1) is 25.4. The zero-order valence-electron chi connectivity index (χ0n) is 24.2. The maximum absolute atomic E-state index is 6.23. The van der Waals surface area contributed by atoms with Crippen LogP contribution < -0.4 is 0 Å². The average Bonchev–Trinajstić information content (AvgIpc) is 3.51. The zero-order chi connectivity index (χ0) is 29.7. The molecule has 9 rings (SSSR count). The molecule has 0 atom stereocenters. The molecule has 0 fully saturated rings. The van der Waals surface area contributed by atoms with Crippen molar-refractivity contribution in [3.05, 3.63) is 152 Å². The van der Waals surface area contributed by atoms with Crippen LogP contribution in [0.5, 0.6) is 0 Å². The molecule has 0 aliphatic rings. The van der Waals surface area contributed by atoms with E-state index in [1.165, 1.54) is 16.5 Å². The second kappa shape index (κ2) is 10.2. The van der Waals surface area contributed by atoms with Crippen LogP contribution in [0.1, 0.15) is 0 Å². The van der Waals surface area contributed by atoms with Crippen molar-refractivity contribution in [2.75, 3.05) is 0 Å². The highest BCUT2D eigenvalue weighted by Crippen LogP contribution is 2.39. The van der Waals surface area contributed by atoms with Crippen molar-refractivity contribution in [1.82, 2.24) is 15.0 Å². The van der Waals surface area contributed by atoms with Gasteiger partial charge in [0.1, 0.15) is 11.2 Å². The minimum atomic E-state index is 0.609. The lowest BCUT2D eigenvalue weighted by atomic mass is 9.94. The monoisotopic (exact) mass is 575 g/mol. The van der Waals surface area contributed by atoms with E-state index < -0.39 is 0 Å². The van der Waals surface area contributed by atoms with E-state index in [4.69, 9.17) is 19.4 Å². The molecule has 2 aromatic heterocycles. The first-order valence-corrected chi connectivity index (χ1v) is 15.0. The molecule has 0 aliphatic carbocycles. The summed E-state index contributed by atoms with van der Waals surface area (Å²) in [7, 11) is 0. The second-order valence-electron chi connectivity index (χ2n) is 11.2. The normalized spacial score (nSPS) is 11.6. The van der Waals surface area contributed by atoms with E-state index in [2.05, 4.69) is 84.9 Å². The fraction of sp³-hybridized carbons (Fsp3) is 0. The lowest BCUT2D eigenvalue weighted by Gasteiger charge is -2.13. The molecular weight excluding hydrogens is 550 g/mol. The summed E-state index contributed by atoms with van der Waals surface area (Å²) < 4.78 is 6.23. The Hall–Kier alpha value is -6.13. The van der Waals surface area contributed by atoms with Gasteiger partial charge >= 0.3 is 0 Å². The first-order valence-electron chi connectivity index (χ1n) is 15.0. The fourth-order valence-corrected chi connectivity index (χ4v) is 6.40. The van der Waals surface area contributed by atoms with Gasteiger partial charge < -0.3 is 4.42 Å². The zero-order valence-corrected chi connectivity index (χ0v) is 24.2. The van der Waals surface area contributed by atoms with E-state index in [9.17, 15) is 0 Å². The molecule has 4 heteroatoms. The van der Waals surface area contributed by atoms with Crippen LogP contribution in [0, 0.1) is 0 Å². The van der Waals surface area contributed by atoms with Crippen LogP contribution in [0.25, 0.3) is 88.8 Å². The number of furan rings is 1. The lowest BCUT2D eigenvalue weighted by Crippen LogP contribution is -2.01. The van der Waals surface area contributed by atoms with Crippen LogP contribution in [0.4, 0.5) is 0 Å². The summed E-state index contributed by atoms with van der Waals surface area (Å²) in [5.41, 5.74) is 6.81. The van der Waals surface area contributed by atoms with Gasteiger partial charge in [-0.15, -0.1) is 0 Å². The maximum atomic E-state index is 6.23. The van der Waals surface area contributed by atoms with Crippen molar-refractivity contribution in [2.45, 2.75) is 0 Å². The largest absolute Gasteiger partial charge is 0.456 e. The molecule has 0 amide bonds. The van der Waals surface area contributed by atoms with Crippen LogP contribution in [-0.4, -0.2) is 15.0 Å². The predicted molar refractivity (Wildman–Crippen MR) is 184 cm³/mol. The standard InChI is InChI=1S/C41H25N3O/c1-3-12-26(13-4-1)28-22-23-30-29(24-28)25-35(32-17-8-7-16-31(30)32)41-43-39(27-14-5-2-6-15-27)42-40(44-41)34-19-11-21-37-38(34)33-18-9-10-20-36(33)45-37/h1-25H. The number of aromatic nitrogens is 3. The van der Waals surface area contributed by atoms with E-state index in [1.807, 2.05) is 66.7 Å². The van der Waals surface area contributed by atoms with Gasteiger partial charge in [-0.2, -0.15) is 0 Å². The summed E-state index contributed by atoms with van der Waals surface area (Å²) in [4.78, 5) is 15.4. The van der Waals surface area contributed by atoms with Gasteiger partial charge in [-0.3, -0.25) is 0 Å². The summed E-state index contributed by atoms with van der Waals surface area (Å²) in [5, 5.41) is 6.63. The maximum Gasteiger partial charge on any atom is 0.164 e. The molecule has 0 radical (unpaired) electrons. The number of benzene rings is 7. The molecule has 0 saturated heterocycles. The quantitative estimate of drug-likeness (QED) is 0.196. The Kier molecular flexibility index (Phi) is 5.78. The molecule has 0 bridgehead atoms. The van der Waals surface area contributed by atoms with Crippen LogP contribution in [0.15, 0.2) is 156 Å². The summed E-state index contributed by atoms with van der Waals surface area (Å²) in [5.74, 6) is 1.87. The molecule has 0 spiro atoms. The van der Waals surface area contributed by atoms with Gasteiger partial charge in [0, 0.05) is 27.5 Å². The van der Waals surface area contributed by atoms with Crippen LogP contribution >= 0.6 is 0 Å². The van der Waals surface area contributed by atoms with Gasteiger partial charge in [0.25, 0.3) is 0 Å². The fourth-order valence-electron chi connectivity index (χ4n) is 6.40. The Labute approximate surface area is 259 Å². The summed E-state index contributed by atoms with van der Waals surface area (Å²) in [6.07, 6.45) is 0. The topological polar surface area (TPSA) is 51.8 Å². The minimum absolute atomic E-state index is 0.609. The Morgan fingerprint density at radius 2 is 0.978 bits per heavy atom. The van der Waals surface area contributed by atoms with Crippen molar-refractivity contribution in [3.8, 4) is 45.3 Å². The van der Waals surface area contributed by atoms with Crippen molar-refractivity contribution in [2.24, 2.45) is 0 Å². The summed E-state index contributed by atoms with van der Waals surface area (Å²) >= 11 is 0. The summed E-state index contributed by atoms with van der Waals surface area (Å²) in [6.45, 7) is 0. The van der Waals surface area contributed by atoms with Gasteiger partial charge in [-0.1, -0.05) is 127 Å². The van der Waals surface area contributed by atoms with Gasteiger partial charge in [0.05, 0.1) is 0 Å². The third-order valence-corrected chi connectivity index (χ3v) is 8.52. The molecule has 0 unspecified atom stereocenters. The highest BCUT2D eigenvalue weighted by Gasteiger charge is 2.19. The van der Waals surface area contributed by atoms with Crippen molar-refractivity contribution < 1.29 is 4.42 Å². The third-order valence-electron chi connectivity index (χ3n) is 8.52. The highest BCUT2D eigenvalue weighted by molar-refractivity contribution is 6.14. The molecule has 7 aromatic carbocycles. The number of hydrogen-bond acceptors (Lipinski definition) is 4. The number of hydrogen-bond donors (Lipinski definition) is 0. The number of rotatable bonds is 4. The van der Waals surface area contributed by atoms with Crippen molar-refractivity contribution in [3.63, 3.8) is 0 Å². The number of fused-ring (bicyclic) bond motifs is 6. The Balaban J connectivity index is 1.34. The van der Waals surface area contributed by atoms with Crippen molar-refractivity contribution >= 4 is 43.5 Å². The SMILES string of the molecule is c1ccc(-c2ccc3c(c2)cc(-c2nc(-c4ccccc4)nc(-c4cccc5oc6ccccc6c45)n2)c2ccccc23)cc1. The van der Waals surface area contributed by atoms with Crippen LogP contribution in [-0.2, 0) is 0 Å². The van der Waals surface area contributed by atoms with Gasteiger partial charge in [-0.25, -0.2) is 15.0 Å². The number of nitrogens with zero attached hydrogens (tertiary/aromatic N) is 3. The molecule has 210 valence electrons. The molecule has 2 heterocycles. The molecule has 45 heavy (non-hydrogen) atoms. The van der Waals surface area contributed by atoms with E-state index in [0.717, 1.165) is 54.8 Å². The Morgan fingerprint density at radius 3 is 1.78 bits per heavy atom. The van der Waals surface area contributed by atoms with Crippen LogP contribution in [0.3, 0.4) is 0 Å². The third kappa shape index (κ3) is 4.27. The summed E-state index contributed by atoms with van der Waals surface area (Å²) in [6, 6.07) is 52.2. The molecule has 9 aromatic rings. The molecule has 4 nitrogen and oxygen atoms in total. The smallest absolute Gasteiger partial charge is 0.164 e. The number of para-hydroxylation sites is 1. The van der Waals surface area contributed by atoms with E-state index >= 15 is 0 Å². The van der Waals surface area contributed by atoms with E-state index in [-0.39, 0.29) is 0 Å². The van der Waals surface area contributed by atoms with Crippen molar-refractivity contribution in [1.29, 1.82) is 0 Å².